The van der Waals surface area contributed by atoms with Gasteiger partial charge in [-0.05, 0) is 18.9 Å². The summed E-state index contributed by atoms with van der Waals surface area (Å²) in [6.45, 7) is 3.45. The van der Waals surface area contributed by atoms with Gasteiger partial charge in [0.05, 0.1) is 7.11 Å². The predicted molar refractivity (Wildman–Crippen MR) is 83.2 cm³/mol. The highest BCUT2D eigenvalue weighted by Crippen LogP contribution is 2.36. The average molecular weight is 348 g/mol. The van der Waals surface area contributed by atoms with E-state index in [1.165, 1.54) is 19.2 Å². The van der Waals surface area contributed by atoms with Crippen LogP contribution >= 0.6 is 0 Å². The van der Waals surface area contributed by atoms with Gasteiger partial charge in [0.25, 0.3) is 0 Å². The van der Waals surface area contributed by atoms with Gasteiger partial charge < -0.3 is 19.9 Å². The molecule has 24 heavy (non-hydrogen) atoms. The van der Waals surface area contributed by atoms with Crippen LogP contribution in [0.3, 0.4) is 0 Å². The topological polar surface area (TPSA) is 54.0 Å². The molecule has 1 aliphatic rings. The van der Waals surface area contributed by atoms with E-state index in [0.29, 0.717) is 18.6 Å². The molecule has 1 aromatic rings. The molecule has 1 aliphatic heterocycles. The number of aliphatic hydroxyl groups excluding tert-OH is 1. The maximum atomic E-state index is 12.4. The van der Waals surface area contributed by atoms with Gasteiger partial charge in [0.1, 0.15) is 11.5 Å². The van der Waals surface area contributed by atoms with Crippen LogP contribution < -0.4 is 14.8 Å². The highest BCUT2D eigenvalue weighted by Gasteiger charge is 2.32. The summed E-state index contributed by atoms with van der Waals surface area (Å²) in [6, 6.07) is 4.16. The maximum Gasteiger partial charge on any atom is 0.573 e. The van der Waals surface area contributed by atoms with Crippen molar-refractivity contribution in [3.8, 4) is 11.5 Å². The van der Waals surface area contributed by atoms with Crippen molar-refractivity contribution in [3.63, 3.8) is 0 Å². The summed E-state index contributed by atoms with van der Waals surface area (Å²) in [5, 5.41) is 12.4. The zero-order valence-corrected chi connectivity index (χ0v) is 13.6. The molecule has 2 rings (SSSR count). The van der Waals surface area contributed by atoms with Gasteiger partial charge in [-0.2, -0.15) is 0 Å². The fourth-order valence-corrected chi connectivity index (χ4v) is 2.98. The third kappa shape index (κ3) is 5.25. The van der Waals surface area contributed by atoms with Crippen molar-refractivity contribution in [1.82, 2.24) is 10.2 Å². The molecule has 0 aromatic heterocycles. The summed E-state index contributed by atoms with van der Waals surface area (Å²) < 4.78 is 46.4. The number of nitrogens with zero attached hydrogens (tertiary/aromatic N) is 1. The quantitative estimate of drug-likeness (QED) is 0.792. The van der Waals surface area contributed by atoms with E-state index in [9.17, 15) is 13.2 Å². The molecular weight excluding hydrogens is 325 g/mol. The minimum absolute atomic E-state index is 0.0193. The number of hydrogen-bond donors (Lipinski definition) is 2. The van der Waals surface area contributed by atoms with Crippen molar-refractivity contribution in [2.75, 3.05) is 39.9 Å². The van der Waals surface area contributed by atoms with Crippen LogP contribution in [-0.4, -0.2) is 56.3 Å². The van der Waals surface area contributed by atoms with Crippen molar-refractivity contribution in [2.24, 2.45) is 0 Å². The Kier molecular flexibility index (Phi) is 6.70. The van der Waals surface area contributed by atoms with Crippen molar-refractivity contribution in [2.45, 2.75) is 25.2 Å². The number of alkyl halides is 3. The zero-order valence-electron chi connectivity index (χ0n) is 13.6. The van der Waals surface area contributed by atoms with Crippen LogP contribution in [0.2, 0.25) is 0 Å². The van der Waals surface area contributed by atoms with Crippen molar-refractivity contribution >= 4 is 0 Å². The first-order valence-corrected chi connectivity index (χ1v) is 7.94. The number of piperazine rings is 1. The van der Waals surface area contributed by atoms with Crippen LogP contribution in [0, 0.1) is 0 Å². The van der Waals surface area contributed by atoms with E-state index < -0.39 is 6.36 Å². The molecular formula is C16H23F3N2O3. The van der Waals surface area contributed by atoms with Crippen molar-refractivity contribution < 1.29 is 27.8 Å². The second kappa shape index (κ2) is 8.55. The van der Waals surface area contributed by atoms with Gasteiger partial charge in [-0.15, -0.1) is 13.2 Å². The summed E-state index contributed by atoms with van der Waals surface area (Å²) in [6.07, 6.45) is -3.42. The molecule has 0 spiro atoms. The van der Waals surface area contributed by atoms with E-state index in [2.05, 4.69) is 15.0 Å². The Morgan fingerprint density at radius 2 is 2.00 bits per heavy atom. The number of halogens is 3. The maximum absolute atomic E-state index is 12.4. The molecule has 0 unspecified atom stereocenters. The molecule has 0 saturated carbocycles. The lowest BCUT2D eigenvalue weighted by atomic mass is 9.98. The number of aliphatic hydroxyl groups is 1. The number of ether oxygens (including phenoxy) is 2. The minimum atomic E-state index is -4.73. The van der Waals surface area contributed by atoms with Crippen molar-refractivity contribution in [3.05, 3.63) is 23.8 Å². The SMILES string of the molecule is COc1cc(OC(F)(F)F)ccc1[C@@H](CCCO)N1CCNCC1. The smallest absolute Gasteiger partial charge is 0.496 e. The zero-order chi connectivity index (χ0) is 17.6. The second-order valence-electron chi connectivity index (χ2n) is 5.62. The first-order chi connectivity index (χ1) is 11.4. The molecule has 0 aliphatic carbocycles. The van der Waals surface area contributed by atoms with E-state index >= 15 is 0 Å². The van der Waals surface area contributed by atoms with Crippen LogP contribution in [-0.2, 0) is 0 Å². The van der Waals surface area contributed by atoms with Crippen LogP contribution in [0.1, 0.15) is 24.4 Å². The Bertz CT molecular complexity index is 520. The molecule has 0 bridgehead atoms. The van der Waals surface area contributed by atoms with Gasteiger partial charge in [0.2, 0.25) is 0 Å². The molecule has 0 radical (unpaired) electrons. The fourth-order valence-electron chi connectivity index (χ4n) is 2.98. The Balaban J connectivity index is 2.26. The molecule has 2 N–H and O–H groups in total. The lowest BCUT2D eigenvalue weighted by Gasteiger charge is -2.36. The Morgan fingerprint density at radius 3 is 2.58 bits per heavy atom. The van der Waals surface area contributed by atoms with Gasteiger partial charge in [0.15, 0.2) is 0 Å². The van der Waals surface area contributed by atoms with Gasteiger partial charge in [-0.1, -0.05) is 6.07 Å². The Hall–Kier alpha value is -1.51. The van der Waals surface area contributed by atoms with E-state index in [1.54, 1.807) is 6.07 Å². The van der Waals surface area contributed by atoms with Gasteiger partial charge in [0, 0.05) is 50.5 Å². The summed E-state index contributed by atoms with van der Waals surface area (Å²) >= 11 is 0. The van der Waals surface area contributed by atoms with Gasteiger partial charge in [-0.25, -0.2) is 0 Å². The number of benzene rings is 1. The predicted octanol–water partition coefficient (Wildman–Crippen LogP) is 2.31. The Labute approximate surface area is 139 Å². The van der Waals surface area contributed by atoms with E-state index in [4.69, 9.17) is 9.84 Å². The Morgan fingerprint density at radius 1 is 1.29 bits per heavy atom. The number of rotatable bonds is 7. The second-order valence-corrected chi connectivity index (χ2v) is 5.62. The minimum Gasteiger partial charge on any atom is -0.496 e. The van der Waals surface area contributed by atoms with Crippen LogP contribution in [0.5, 0.6) is 11.5 Å². The highest BCUT2D eigenvalue weighted by atomic mass is 19.4. The molecule has 1 aromatic carbocycles. The lowest BCUT2D eigenvalue weighted by Crippen LogP contribution is -2.45. The van der Waals surface area contributed by atoms with E-state index in [0.717, 1.165) is 31.7 Å². The average Bonchev–Trinajstić information content (AvgIpc) is 2.55. The van der Waals surface area contributed by atoms with Gasteiger partial charge in [-0.3, -0.25) is 4.90 Å². The number of hydrogen-bond acceptors (Lipinski definition) is 5. The van der Waals surface area contributed by atoms with Crippen molar-refractivity contribution in [1.29, 1.82) is 0 Å². The molecule has 1 saturated heterocycles. The normalized spacial score (nSPS) is 17.5. The molecule has 0 amide bonds. The lowest BCUT2D eigenvalue weighted by molar-refractivity contribution is -0.274. The molecule has 8 heteroatoms. The molecule has 1 atom stereocenters. The first kappa shape index (κ1) is 18.8. The molecule has 136 valence electrons. The molecule has 1 fully saturated rings. The fraction of sp³-hybridized carbons (Fsp3) is 0.625. The van der Waals surface area contributed by atoms with Crippen LogP contribution in [0.15, 0.2) is 18.2 Å². The number of nitrogens with one attached hydrogen (secondary N) is 1. The monoisotopic (exact) mass is 348 g/mol. The third-order valence-corrected chi connectivity index (χ3v) is 4.03. The largest absolute Gasteiger partial charge is 0.573 e. The third-order valence-electron chi connectivity index (χ3n) is 4.03. The summed E-state index contributed by atoms with van der Waals surface area (Å²) in [7, 11) is 1.43. The van der Waals surface area contributed by atoms with Gasteiger partial charge >= 0.3 is 6.36 Å². The van der Waals surface area contributed by atoms with E-state index in [1.807, 2.05) is 0 Å². The summed E-state index contributed by atoms with van der Waals surface area (Å²) in [5.74, 6) is 0.0579. The standard InChI is InChI=1S/C16H23F3N2O3/c1-23-15-11-12(24-16(17,18)19)4-5-13(15)14(3-2-10-22)21-8-6-20-7-9-21/h4-5,11,14,20,22H,2-3,6-10H2,1H3/t14-/m1/s1. The first-order valence-electron chi connectivity index (χ1n) is 7.94. The van der Waals surface area contributed by atoms with Crippen LogP contribution in [0.4, 0.5) is 13.2 Å². The summed E-state index contributed by atoms with van der Waals surface area (Å²) in [4.78, 5) is 2.26. The van der Waals surface area contributed by atoms with Crippen LogP contribution in [0.25, 0.3) is 0 Å². The number of methoxy groups -OCH3 is 1. The molecule has 1 heterocycles. The highest BCUT2D eigenvalue weighted by molar-refractivity contribution is 5.42. The van der Waals surface area contributed by atoms with E-state index in [-0.39, 0.29) is 18.4 Å². The molecule has 5 nitrogen and oxygen atoms in total. The summed E-state index contributed by atoms with van der Waals surface area (Å²) in [5.41, 5.74) is 0.808.